The molecule has 1 amide bonds. The molecule has 2 aromatic rings. The zero-order chi connectivity index (χ0) is 20.0. The molecule has 1 aliphatic heterocycles. The fourth-order valence-corrected chi connectivity index (χ4v) is 4.23. The third-order valence-electron chi connectivity index (χ3n) is 4.26. The van der Waals surface area contributed by atoms with Crippen LogP contribution in [-0.2, 0) is 19.6 Å². The smallest absolute Gasteiger partial charge is 0.248 e. The van der Waals surface area contributed by atoms with Crippen molar-refractivity contribution in [3.05, 3.63) is 60.2 Å². The maximum atomic E-state index is 12.8. The number of nitrogens with one attached hydrogen (secondary N) is 1. The molecule has 1 N–H and O–H groups in total. The second kappa shape index (κ2) is 9.01. The maximum absolute atomic E-state index is 12.8. The average molecular weight is 402 g/mol. The quantitative estimate of drug-likeness (QED) is 0.750. The monoisotopic (exact) mass is 402 g/mol. The van der Waals surface area contributed by atoms with Gasteiger partial charge in [-0.15, -0.1) is 0 Å². The van der Waals surface area contributed by atoms with Gasteiger partial charge < -0.3 is 14.8 Å². The van der Waals surface area contributed by atoms with E-state index in [2.05, 4.69) is 5.32 Å². The predicted octanol–water partition coefficient (Wildman–Crippen LogP) is 2.37. The minimum Gasteiger partial charge on any atom is -0.495 e. The molecule has 0 aliphatic carbocycles. The Morgan fingerprint density at radius 2 is 1.86 bits per heavy atom. The third-order valence-corrected chi connectivity index (χ3v) is 6.16. The molecular weight excluding hydrogens is 380 g/mol. The van der Waals surface area contributed by atoms with E-state index in [0.717, 1.165) is 5.56 Å². The molecule has 7 nitrogen and oxygen atoms in total. The Bertz CT molecular complexity index is 952. The summed E-state index contributed by atoms with van der Waals surface area (Å²) in [6.07, 6.45) is 3.06. The lowest BCUT2D eigenvalue weighted by molar-refractivity contribution is -0.111. The molecule has 28 heavy (non-hydrogen) atoms. The summed E-state index contributed by atoms with van der Waals surface area (Å²) in [5, 5.41) is 2.69. The van der Waals surface area contributed by atoms with Gasteiger partial charge in [-0.25, -0.2) is 8.42 Å². The highest BCUT2D eigenvalue weighted by Crippen LogP contribution is 2.29. The molecule has 3 rings (SSSR count). The highest BCUT2D eigenvalue weighted by atomic mass is 32.2. The fourth-order valence-electron chi connectivity index (χ4n) is 2.79. The first-order chi connectivity index (χ1) is 13.5. The van der Waals surface area contributed by atoms with Crippen LogP contribution in [0.2, 0.25) is 0 Å². The zero-order valence-electron chi connectivity index (χ0n) is 15.5. The topological polar surface area (TPSA) is 84.9 Å². The van der Waals surface area contributed by atoms with E-state index in [-0.39, 0.29) is 10.8 Å². The molecular formula is C20H22N2O5S. The second-order valence-electron chi connectivity index (χ2n) is 6.11. The Morgan fingerprint density at radius 1 is 1.14 bits per heavy atom. The van der Waals surface area contributed by atoms with E-state index in [1.807, 2.05) is 30.3 Å². The van der Waals surface area contributed by atoms with Crippen molar-refractivity contribution in [2.45, 2.75) is 4.90 Å². The Morgan fingerprint density at radius 3 is 2.54 bits per heavy atom. The van der Waals surface area contributed by atoms with Crippen molar-refractivity contribution in [3.63, 3.8) is 0 Å². The number of nitrogens with zero attached hydrogens (tertiary/aromatic N) is 1. The summed E-state index contributed by atoms with van der Waals surface area (Å²) in [6.45, 7) is 1.33. The molecule has 1 aliphatic rings. The van der Waals surface area contributed by atoms with Crippen LogP contribution >= 0.6 is 0 Å². The van der Waals surface area contributed by atoms with Gasteiger partial charge in [0.05, 0.1) is 30.9 Å². The third kappa shape index (κ3) is 4.78. The standard InChI is InChI=1S/C20H22N2O5S/c1-26-19-9-8-17(28(24,25)22-11-13-27-14-12-22)15-18(19)21-20(23)10-7-16-5-3-2-4-6-16/h2-10,15H,11-14H2,1H3,(H,21,23)/b10-7+. The average Bonchev–Trinajstić information content (AvgIpc) is 2.73. The van der Waals surface area contributed by atoms with Gasteiger partial charge in [-0.05, 0) is 29.8 Å². The molecule has 1 fully saturated rings. The number of anilines is 1. The van der Waals surface area contributed by atoms with E-state index >= 15 is 0 Å². The first kappa shape index (κ1) is 20.1. The summed E-state index contributed by atoms with van der Waals surface area (Å²) in [7, 11) is -2.21. The van der Waals surface area contributed by atoms with Gasteiger partial charge in [0.1, 0.15) is 5.75 Å². The lowest BCUT2D eigenvalue weighted by Crippen LogP contribution is -2.40. The van der Waals surface area contributed by atoms with Gasteiger partial charge in [0.15, 0.2) is 0 Å². The van der Waals surface area contributed by atoms with Gasteiger partial charge in [-0.2, -0.15) is 4.31 Å². The van der Waals surface area contributed by atoms with E-state index in [9.17, 15) is 13.2 Å². The van der Waals surface area contributed by atoms with Crippen molar-refractivity contribution in [2.75, 3.05) is 38.7 Å². The van der Waals surface area contributed by atoms with Gasteiger partial charge in [-0.3, -0.25) is 4.79 Å². The predicted molar refractivity (Wildman–Crippen MR) is 107 cm³/mol. The van der Waals surface area contributed by atoms with Crippen molar-refractivity contribution < 1.29 is 22.7 Å². The van der Waals surface area contributed by atoms with Gasteiger partial charge in [-0.1, -0.05) is 30.3 Å². The molecule has 2 aromatic carbocycles. The van der Waals surface area contributed by atoms with E-state index < -0.39 is 10.0 Å². The molecule has 8 heteroatoms. The summed E-state index contributed by atoms with van der Waals surface area (Å²) in [4.78, 5) is 12.4. The number of amides is 1. The van der Waals surface area contributed by atoms with Crippen LogP contribution in [0.25, 0.3) is 6.08 Å². The van der Waals surface area contributed by atoms with Crippen LogP contribution < -0.4 is 10.1 Å². The maximum Gasteiger partial charge on any atom is 0.248 e. The molecule has 0 radical (unpaired) electrons. The summed E-state index contributed by atoms with van der Waals surface area (Å²) in [5.41, 5.74) is 1.17. The number of rotatable bonds is 6. The number of benzene rings is 2. The molecule has 148 valence electrons. The van der Waals surface area contributed by atoms with E-state index in [1.54, 1.807) is 6.08 Å². The molecule has 1 heterocycles. The molecule has 1 saturated heterocycles. The lowest BCUT2D eigenvalue weighted by Gasteiger charge is -2.26. The van der Waals surface area contributed by atoms with Crippen LogP contribution in [0.1, 0.15) is 5.56 Å². The van der Waals surface area contributed by atoms with Crippen molar-refractivity contribution >= 4 is 27.7 Å². The molecule has 0 bridgehead atoms. The number of hydrogen-bond donors (Lipinski definition) is 1. The summed E-state index contributed by atoms with van der Waals surface area (Å²) >= 11 is 0. The first-order valence-corrected chi connectivity index (χ1v) is 10.2. The second-order valence-corrected chi connectivity index (χ2v) is 8.05. The van der Waals surface area contributed by atoms with Crippen molar-refractivity contribution in [3.8, 4) is 5.75 Å². The normalized spacial score (nSPS) is 15.5. The number of ether oxygens (including phenoxy) is 2. The minimum absolute atomic E-state index is 0.0949. The summed E-state index contributed by atoms with van der Waals surface area (Å²) in [6, 6.07) is 13.8. The molecule has 0 aromatic heterocycles. The Labute approximate surface area is 164 Å². The molecule has 0 saturated carbocycles. The highest BCUT2D eigenvalue weighted by molar-refractivity contribution is 7.89. The zero-order valence-corrected chi connectivity index (χ0v) is 16.3. The highest BCUT2D eigenvalue weighted by Gasteiger charge is 2.27. The number of sulfonamides is 1. The number of carbonyl (C=O) groups is 1. The SMILES string of the molecule is COc1ccc(S(=O)(=O)N2CCOCC2)cc1NC(=O)/C=C/c1ccccc1. The molecule has 0 spiro atoms. The van der Waals surface area contributed by atoms with Crippen LogP contribution in [0.5, 0.6) is 5.75 Å². The van der Waals surface area contributed by atoms with Crippen LogP contribution in [-0.4, -0.2) is 52.0 Å². The van der Waals surface area contributed by atoms with Gasteiger partial charge in [0, 0.05) is 19.2 Å². The lowest BCUT2D eigenvalue weighted by atomic mass is 10.2. The largest absolute Gasteiger partial charge is 0.495 e. The van der Waals surface area contributed by atoms with Crippen LogP contribution in [0, 0.1) is 0 Å². The van der Waals surface area contributed by atoms with Crippen LogP contribution in [0.15, 0.2) is 59.5 Å². The van der Waals surface area contributed by atoms with Crippen LogP contribution in [0.3, 0.4) is 0 Å². The Hall–Kier alpha value is -2.68. The summed E-state index contributed by atoms with van der Waals surface area (Å²) in [5.74, 6) is -0.00883. The minimum atomic E-state index is -3.67. The van der Waals surface area contributed by atoms with Crippen molar-refractivity contribution in [1.29, 1.82) is 0 Å². The Balaban J connectivity index is 1.81. The number of hydrogen-bond acceptors (Lipinski definition) is 5. The first-order valence-electron chi connectivity index (χ1n) is 8.81. The summed E-state index contributed by atoms with van der Waals surface area (Å²) < 4.78 is 37.5. The van der Waals surface area contributed by atoms with Crippen molar-refractivity contribution in [1.82, 2.24) is 4.31 Å². The Kier molecular flexibility index (Phi) is 6.45. The number of carbonyl (C=O) groups excluding carboxylic acids is 1. The van der Waals surface area contributed by atoms with Crippen molar-refractivity contribution in [2.24, 2.45) is 0 Å². The van der Waals surface area contributed by atoms with Gasteiger partial charge in [0.25, 0.3) is 0 Å². The fraction of sp³-hybridized carbons (Fsp3) is 0.250. The van der Waals surface area contributed by atoms with E-state index in [0.29, 0.717) is 37.7 Å². The van der Waals surface area contributed by atoms with Gasteiger partial charge in [0.2, 0.25) is 15.9 Å². The van der Waals surface area contributed by atoms with Crippen LogP contribution in [0.4, 0.5) is 5.69 Å². The number of methoxy groups -OCH3 is 1. The van der Waals surface area contributed by atoms with E-state index in [1.165, 1.54) is 35.7 Å². The van der Waals surface area contributed by atoms with E-state index in [4.69, 9.17) is 9.47 Å². The molecule has 0 atom stereocenters. The molecule has 0 unspecified atom stereocenters. The number of morpholine rings is 1. The van der Waals surface area contributed by atoms with Gasteiger partial charge >= 0.3 is 0 Å².